The third-order valence-electron chi connectivity index (χ3n) is 5.80. The Hall–Kier alpha value is 0.580. The molecule has 0 saturated carbocycles. The van der Waals surface area contributed by atoms with Crippen molar-refractivity contribution in [2.75, 3.05) is 0 Å². The Kier molecular flexibility index (Phi) is 14.6. The van der Waals surface area contributed by atoms with E-state index in [2.05, 4.69) is 170 Å². The molecular weight excluding hydrogens is 1370 g/mol. The van der Waals surface area contributed by atoms with Gasteiger partial charge in [0.2, 0.25) is 0 Å². The van der Waals surface area contributed by atoms with Crippen LogP contribution in [0.5, 0.6) is 34.5 Å². The summed E-state index contributed by atoms with van der Waals surface area (Å²) in [5.74, 6) is 2.37. The quantitative estimate of drug-likeness (QED) is 0.104. The molecule has 0 aliphatic heterocycles. The van der Waals surface area contributed by atoms with Gasteiger partial charge in [-0.25, -0.2) is 0 Å². The number of hydrogen-bond donors (Lipinski definition) is 5. The van der Waals surface area contributed by atoms with Crippen molar-refractivity contribution in [3.8, 4) is 34.5 Å². The van der Waals surface area contributed by atoms with Crippen LogP contribution in [-0.4, -0.2) is 33.4 Å². The fraction of sp³-hybridized carbons (Fsp3) is 0.167. The Morgan fingerprint density at radius 1 is 0.711 bits per heavy atom. The van der Waals surface area contributed by atoms with Crippen LogP contribution >= 0.6 is 158 Å². The van der Waals surface area contributed by atoms with E-state index in [0.29, 0.717) is 24.4 Å². The highest BCUT2D eigenvalue weighted by atomic mass is 127. The maximum atomic E-state index is 10.9. The minimum atomic E-state index is -1.02. The molecule has 248 valence electrons. The van der Waals surface area contributed by atoms with Crippen LogP contribution in [-0.2, 0) is 17.6 Å². The molecule has 8 nitrogen and oxygen atoms in total. The summed E-state index contributed by atoms with van der Waals surface area (Å²) in [7, 11) is 0. The van der Waals surface area contributed by atoms with Crippen molar-refractivity contribution >= 4 is 164 Å². The van der Waals surface area contributed by atoms with Gasteiger partial charge in [-0.3, -0.25) is 4.79 Å². The van der Waals surface area contributed by atoms with Crippen LogP contribution in [0.4, 0.5) is 0 Å². The van der Waals surface area contributed by atoms with E-state index in [1.54, 1.807) is 24.3 Å². The van der Waals surface area contributed by atoms with Crippen LogP contribution in [0, 0.1) is 25.0 Å². The van der Waals surface area contributed by atoms with Crippen molar-refractivity contribution in [1.82, 2.24) is 0 Å². The Bertz CT molecular complexity index is 1660. The predicted octanol–water partition coefficient (Wildman–Crippen LogP) is 10.4. The topological polar surface area (TPSA) is 148 Å². The SMILES string of the molecule is CC(N)Cc1cc(I)c(Oc2ccc(O)c(I)c2)c(I)c1.NC(Cc1cc(I)c(Oc2cc(I)c(O)c(I)c2)c(I)c1)C(=O)O.[3HH].[3H][3H].[3H][3H].[3H][3H]. The van der Waals surface area contributed by atoms with Gasteiger partial charge < -0.3 is 36.3 Å². The second-order valence-corrected chi connectivity index (χ2v) is 17.8. The third kappa shape index (κ3) is 12.1. The van der Waals surface area contributed by atoms with Gasteiger partial charge in [-0.1, -0.05) is 0 Å². The zero-order valence-electron chi connectivity index (χ0n) is 29.1. The van der Waals surface area contributed by atoms with Crippen LogP contribution < -0.4 is 20.9 Å². The minimum Gasteiger partial charge on any atom is -0.507 e. The summed E-state index contributed by atoms with van der Waals surface area (Å²) in [4.78, 5) is 10.9. The van der Waals surface area contributed by atoms with E-state index in [1.165, 1.54) is 5.56 Å². The minimum absolute atomic E-state index is 0. The molecule has 0 spiro atoms. The van der Waals surface area contributed by atoms with Crippen molar-refractivity contribution < 1.29 is 39.9 Å². The number of aromatic hydroxyl groups is 2. The molecule has 2 unspecified atom stereocenters. The fourth-order valence-corrected chi connectivity index (χ4v) is 10.2. The van der Waals surface area contributed by atoms with Gasteiger partial charge in [0, 0.05) is 16.4 Å². The number of benzene rings is 4. The van der Waals surface area contributed by atoms with Crippen LogP contribution in [0.3, 0.4) is 0 Å². The van der Waals surface area contributed by atoms with Crippen molar-refractivity contribution in [2.45, 2.75) is 31.8 Å². The lowest BCUT2D eigenvalue weighted by molar-refractivity contribution is -0.138. The van der Waals surface area contributed by atoms with Crippen LogP contribution in [0.2, 0.25) is 0 Å². The highest BCUT2D eigenvalue weighted by Gasteiger charge is 2.17. The van der Waals surface area contributed by atoms with Gasteiger partial charge in [0.05, 0.1) is 25.0 Å². The number of carboxylic acids is 1. The number of ether oxygens (including phenoxy) is 2. The van der Waals surface area contributed by atoms with E-state index >= 15 is 0 Å². The number of hydrogen-bond acceptors (Lipinski definition) is 7. The summed E-state index contributed by atoms with van der Waals surface area (Å²) in [6, 6.07) is 15.9. The van der Waals surface area contributed by atoms with Crippen LogP contribution in [0.1, 0.15) is 28.4 Å². The first-order chi connectivity index (χ1) is 24.0. The molecule has 0 heterocycles. The van der Waals surface area contributed by atoms with Gasteiger partial charge in [0.15, 0.2) is 11.5 Å². The molecule has 0 aliphatic carbocycles. The second-order valence-electron chi connectivity index (χ2n) is 9.66. The molecule has 15 heteroatoms. The summed E-state index contributed by atoms with van der Waals surface area (Å²) in [6.07, 6.45) is 1.11. The first-order valence-electron chi connectivity index (χ1n) is 15.8. The normalized spacial score (nSPS) is 12.7. The Labute approximate surface area is 367 Å². The average molecular weight is 1420 g/mol. The maximum Gasteiger partial charge on any atom is 0.320 e. The molecule has 4 aromatic rings. The molecule has 4 rings (SSSR count). The molecule has 0 aliphatic rings. The van der Waals surface area contributed by atoms with E-state index in [1.807, 2.05) is 25.1 Å². The number of nitrogens with two attached hydrogens (primary N) is 2. The number of phenols is 2. The van der Waals surface area contributed by atoms with E-state index in [0.717, 1.165) is 35.6 Å². The number of halogens is 7. The molecule has 0 aromatic heterocycles. The summed E-state index contributed by atoms with van der Waals surface area (Å²) < 4.78 is 48.0. The Balaban J connectivity index is 0. The molecule has 45 heavy (non-hydrogen) atoms. The van der Waals surface area contributed by atoms with Crippen molar-refractivity contribution in [3.05, 3.63) is 90.7 Å². The van der Waals surface area contributed by atoms with E-state index in [-0.39, 0.29) is 25.4 Å². The molecule has 4 aromatic carbocycles. The second kappa shape index (κ2) is 18.5. The number of carbonyl (C=O) groups is 1. The zero-order chi connectivity index (χ0) is 39.6. The van der Waals surface area contributed by atoms with Crippen molar-refractivity contribution in [1.29, 1.82) is 0 Å². The molecule has 0 radical (unpaired) electrons. The number of aliphatic carboxylic acids is 1. The smallest absolute Gasteiger partial charge is 0.320 e. The largest absolute Gasteiger partial charge is 0.507 e. The molecule has 2 atom stereocenters. The van der Waals surface area contributed by atoms with Gasteiger partial charge in [0.1, 0.15) is 29.0 Å². The molecule has 7 N–H and O–H groups in total. The van der Waals surface area contributed by atoms with Crippen LogP contribution in [0.25, 0.3) is 0 Å². The van der Waals surface area contributed by atoms with Gasteiger partial charge in [-0.05, 0) is 244 Å². The molecular formula is C30H33I7N2O6. The average Bonchev–Trinajstić information content (AvgIpc) is 3.07. The molecule has 0 amide bonds. The third-order valence-corrected chi connectivity index (χ3v) is 11.5. The van der Waals surface area contributed by atoms with Crippen LogP contribution in [0.15, 0.2) is 54.6 Å². The van der Waals surface area contributed by atoms with E-state index in [4.69, 9.17) is 35.0 Å². The summed E-state index contributed by atoms with van der Waals surface area (Å²) >= 11 is 15.1. The number of rotatable bonds is 9. The monoisotopic (exact) mass is 1420 g/mol. The highest BCUT2D eigenvalue weighted by molar-refractivity contribution is 14.1. The highest BCUT2D eigenvalue weighted by Crippen LogP contribution is 2.37. The Morgan fingerprint density at radius 3 is 1.56 bits per heavy atom. The Morgan fingerprint density at radius 2 is 1.13 bits per heavy atom. The number of carboxylic acid groups (broad SMARTS) is 1. The van der Waals surface area contributed by atoms with Gasteiger partial charge >= 0.3 is 5.97 Å². The molecule has 0 bridgehead atoms. The molecule has 0 fully saturated rings. The molecule has 0 saturated heterocycles. The summed E-state index contributed by atoms with van der Waals surface area (Å²) in [5.41, 5.74) is 13.5. The maximum absolute atomic E-state index is 10.9. The fourth-order valence-electron chi connectivity index (χ4n) is 3.76. The predicted molar refractivity (Wildman–Crippen MR) is 243 cm³/mol. The van der Waals surface area contributed by atoms with Crippen molar-refractivity contribution in [3.63, 3.8) is 0 Å². The lowest BCUT2D eigenvalue weighted by atomic mass is 10.1. The first kappa shape index (κ1) is 35.4. The first-order valence-corrected chi connectivity index (χ1v) is 20.3. The number of phenolic OH excluding ortho intramolecular Hbond substituents is 2. The van der Waals surface area contributed by atoms with Gasteiger partial charge in [-0.2, -0.15) is 0 Å². The standard InChI is InChI=1S/C15H11I4NO4.C15H14I3NO2.4H2/c16-8-4-7(5-9(17)13(8)21)24-14-10(18)1-6(2-11(14)19)3-12(20)15(22)23;1-8(19)4-9-5-12(17)15(13(18)6-9)21-10-2-3-14(20)11(16)7-10;;;;/h1-2,4-5,12,21H,3,20H2,(H,22,23);2-3,5-8,20H,4,19H2,1H3;4*1H/i;;3*1+2T;1+2. The van der Waals surface area contributed by atoms with E-state index < -0.39 is 12.0 Å². The summed E-state index contributed by atoms with van der Waals surface area (Å²) in [6.45, 7) is 2.00. The van der Waals surface area contributed by atoms with Crippen molar-refractivity contribution in [2.24, 2.45) is 11.5 Å². The van der Waals surface area contributed by atoms with Gasteiger partial charge in [-0.15, -0.1) is 0 Å². The lowest BCUT2D eigenvalue weighted by Crippen LogP contribution is -2.32. The summed E-state index contributed by atoms with van der Waals surface area (Å²) in [5, 5.41) is 28.3. The zero-order valence-corrected chi connectivity index (χ0v) is 38.2. The lowest BCUT2D eigenvalue weighted by Gasteiger charge is -2.14. The van der Waals surface area contributed by atoms with Gasteiger partial charge in [0.25, 0.3) is 0 Å². The van der Waals surface area contributed by atoms with E-state index in [9.17, 15) is 15.0 Å².